The van der Waals surface area contributed by atoms with Gasteiger partial charge in [-0.1, -0.05) is 49.8 Å². The van der Waals surface area contributed by atoms with E-state index in [2.05, 4.69) is 31.2 Å². The number of ether oxygens (including phenoxy) is 1. The van der Waals surface area contributed by atoms with E-state index in [-0.39, 0.29) is 5.97 Å². The Morgan fingerprint density at radius 2 is 1.95 bits per heavy atom. The molecule has 0 aliphatic heterocycles. The zero-order valence-corrected chi connectivity index (χ0v) is 12.1. The van der Waals surface area contributed by atoms with Crippen LogP contribution in [0.25, 0.3) is 5.57 Å². The molecule has 1 aromatic carbocycles. The summed E-state index contributed by atoms with van der Waals surface area (Å²) in [6.07, 6.45) is 10.9. The van der Waals surface area contributed by atoms with Crippen molar-refractivity contribution in [2.75, 3.05) is 0 Å². The smallest absolute Gasteiger partial charge is 0.308 e. The monoisotopic (exact) mass is 268 g/mol. The van der Waals surface area contributed by atoms with Crippen molar-refractivity contribution in [2.45, 2.75) is 33.1 Å². The van der Waals surface area contributed by atoms with Crippen molar-refractivity contribution in [2.24, 2.45) is 0 Å². The fourth-order valence-corrected chi connectivity index (χ4v) is 2.23. The van der Waals surface area contributed by atoms with E-state index in [1.54, 1.807) is 0 Å². The highest BCUT2D eigenvalue weighted by atomic mass is 16.5. The van der Waals surface area contributed by atoms with Crippen molar-refractivity contribution in [3.8, 4) is 0 Å². The molecule has 0 bridgehead atoms. The van der Waals surface area contributed by atoms with Crippen molar-refractivity contribution < 1.29 is 9.53 Å². The molecule has 0 spiro atoms. The van der Waals surface area contributed by atoms with Gasteiger partial charge in [-0.3, -0.25) is 4.79 Å². The molecule has 1 aromatic rings. The maximum atomic E-state index is 11.0. The predicted molar refractivity (Wildman–Crippen MR) is 82.0 cm³/mol. The van der Waals surface area contributed by atoms with Crippen molar-refractivity contribution in [3.05, 3.63) is 65.5 Å². The Hall–Kier alpha value is -2.09. The zero-order chi connectivity index (χ0) is 14.4. The molecule has 2 rings (SSSR count). The van der Waals surface area contributed by atoms with Crippen LogP contribution in [0.5, 0.6) is 0 Å². The molecule has 0 aromatic heterocycles. The summed E-state index contributed by atoms with van der Waals surface area (Å²) in [6, 6.07) is 8.70. The Kier molecular flexibility index (Phi) is 4.94. The summed E-state index contributed by atoms with van der Waals surface area (Å²) in [5, 5.41) is 0. The van der Waals surface area contributed by atoms with E-state index in [9.17, 15) is 4.79 Å². The fraction of sp³-hybridized carbons (Fsp3) is 0.278. The molecule has 0 atom stereocenters. The van der Waals surface area contributed by atoms with Gasteiger partial charge in [0.05, 0.1) is 0 Å². The third-order valence-corrected chi connectivity index (χ3v) is 3.19. The molecular formula is C18H20O2. The van der Waals surface area contributed by atoms with Gasteiger partial charge < -0.3 is 4.74 Å². The number of esters is 1. The average Bonchev–Trinajstić information content (AvgIpc) is 2.65. The van der Waals surface area contributed by atoms with Gasteiger partial charge in [-0.25, -0.2) is 0 Å². The highest BCUT2D eigenvalue weighted by Crippen LogP contribution is 2.23. The quantitative estimate of drug-likeness (QED) is 0.755. The van der Waals surface area contributed by atoms with Crippen LogP contribution in [-0.2, 0) is 16.0 Å². The molecule has 2 heteroatoms. The van der Waals surface area contributed by atoms with E-state index in [0.29, 0.717) is 5.76 Å². The summed E-state index contributed by atoms with van der Waals surface area (Å²) in [6.45, 7) is 3.60. The first kappa shape index (κ1) is 14.3. The zero-order valence-electron chi connectivity index (χ0n) is 12.1. The molecule has 0 unspecified atom stereocenters. The van der Waals surface area contributed by atoms with E-state index in [1.807, 2.05) is 24.3 Å². The highest BCUT2D eigenvalue weighted by Gasteiger charge is 2.05. The number of benzene rings is 1. The largest absolute Gasteiger partial charge is 0.427 e. The lowest BCUT2D eigenvalue weighted by Crippen LogP contribution is -1.95. The lowest BCUT2D eigenvalue weighted by molar-refractivity contribution is -0.136. The number of rotatable bonds is 4. The Morgan fingerprint density at radius 1 is 1.20 bits per heavy atom. The maximum absolute atomic E-state index is 11.0. The van der Waals surface area contributed by atoms with Crippen LogP contribution in [0.15, 0.2) is 54.3 Å². The normalized spacial score (nSPS) is 14.3. The van der Waals surface area contributed by atoms with Crippen LogP contribution >= 0.6 is 0 Å². The molecule has 0 heterocycles. The van der Waals surface area contributed by atoms with Crippen molar-refractivity contribution >= 4 is 11.5 Å². The minimum atomic E-state index is -0.290. The van der Waals surface area contributed by atoms with Gasteiger partial charge in [-0.2, -0.15) is 0 Å². The Bertz CT molecular complexity index is 560. The van der Waals surface area contributed by atoms with E-state index in [4.69, 9.17) is 4.74 Å². The summed E-state index contributed by atoms with van der Waals surface area (Å²) in [5.41, 5.74) is 3.82. The van der Waals surface area contributed by atoms with Gasteiger partial charge in [0.2, 0.25) is 0 Å². The number of hydrogen-bond acceptors (Lipinski definition) is 2. The number of hydrogen-bond donors (Lipinski definition) is 0. The van der Waals surface area contributed by atoms with Crippen LogP contribution in [-0.4, -0.2) is 5.97 Å². The van der Waals surface area contributed by atoms with Crippen LogP contribution in [0.1, 0.15) is 37.8 Å². The van der Waals surface area contributed by atoms with Gasteiger partial charge in [-0.05, 0) is 41.7 Å². The Labute approximate surface area is 120 Å². The van der Waals surface area contributed by atoms with E-state index in [1.165, 1.54) is 30.0 Å². The molecule has 0 N–H and O–H groups in total. The molecule has 1 aliphatic rings. The van der Waals surface area contributed by atoms with E-state index >= 15 is 0 Å². The standard InChI is InChI=1S/C18H20O2/c1-3-5-15-8-10-17(11-9-15)16-6-4-7-18(13-12-16)20-14(2)19/h4,7-13H,3,5-6H2,1-2H3. The van der Waals surface area contributed by atoms with Gasteiger partial charge in [0.25, 0.3) is 0 Å². The Balaban J connectivity index is 2.16. The van der Waals surface area contributed by atoms with Gasteiger partial charge in [-0.15, -0.1) is 0 Å². The molecule has 0 radical (unpaired) electrons. The first-order valence-electron chi connectivity index (χ1n) is 7.04. The lowest BCUT2D eigenvalue weighted by Gasteiger charge is -2.05. The van der Waals surface area contributed by atoms with Gasteiger partial charge in [0, 0.05) is 6.92 Å². The lowest BCUT2D eigenvalue weighted by atomic mass is 10.00. The van der Waals surface area contributed by atoms with Crippen LogP contribution in [0.2, 0.25) is 0 Å². The molecular weight excluding hydrogens is 248 g/mol. The van der Waals surface area contributed by atoms with Crippen LogP contribution in [0.3, 0.4) is 0 Å². The molecule has 104 valence electrons. The number of aryl methyl sites for hydroxylation is 1. The molecule has 0 fully saturated rings. The van der Waals surface area contributed by atoms with Crippen molar-refractivity contribution in [3.63, 3.8) is 0 Å². The highest BCUT2D eigenvalue weighted by molar-refractivity contribution is 5.71. The minimum absolute atomic E-state index is 0.290. The van der Waals surface area contributed by atoms with Crippen LogP contribution in [0.4, 0.5) is 0 Å². The first-order chi connectivity index (χ1) is 9.69. The Morgan fingerprint density at radius 3 is 2.60 bits per heavy atom. The number of allylic oxidation sites excluding steroid dienone is 5. The summed E-state index contributed by atoms with van der Waals surface area (Å²) >= 11 is 0. The van der Waals surface area contributed by atoms with Gasteiger partial charge >= 0.3 is 5.97 Å². The maximum Gasteiger partial charge on any atom is 0.308 e. The fourth-order valence-electron chi connectivity index (χ4n) is 2.23. The number of carbonyl (C=O) groups excluding carboxylic acids is 1. The third kappa shape index (κ3) is 3.95. The summed E-state index contributed by atoms with van der Waals surface area (Å²) < 4.78 is 5.10. The van der Waals surface area contributed by atoms with Crippen molar-refractivity contribution in [1.29, 1.82) is 0 Å². The molecule has 0 amide bonds. The minimum Gasteiger partial charge on any atom is -0.427 e. The predicted octanol–water partition coefficient (Wildman–Crippen LogP) is 4.43. The van der Waals surface area contributed by atoms with Crippen LogP contribution < -0.4 is 0 Å². The third-order valence-electron chi connectivity index (χ3n) is 3.19. The van der Waals surface area contributed by atoms with Crippen LogP contribution in [0, 0.1) is 0 Å². The number of carbonyl (C=O) groups is 1. The van der Waals surface area contributed by atoms with Crippen molar-refractivity contribution in [1.82, 2.24) is 0 Å². The molecule has 2 nitrogen and oxygen atoms in total. The summed E-state index contributed by atoms with van der Waals surface area (Å²) in [7, 11) is 0. The van der Waals surface area contributed by atoms with E-state index in [0.717, 1.165) is 12.8 Å². The summed E-state index contributed by atoms with van der Waals surface area (Å²) in [5.74, 6) is 0.303. The second kappa shape index (κ2) is 6.90. The topological polar surface area (TPSA) is 26.3 Å². The average molecular weight is 268 g/mol. The summed E-state index contributed by atoms with van der Waals surface area (Å²) in [4.78, 5) is 11.0. The van der Waals surface area contributed by atoms with Gasteiger partial charge in [0.15, 0.2) is 0 Å². The first-order valence-corrected chi connectivity index (χ1v) is 7.04. The second-order valence-corrected chi connectivity index (χ2v) is 4.91. The molecule has 1 aliphatic carbocycles. The second-order valence-electron chi connectivity index (χ2n) is 4.91. The molecule has 0 saturated carbocycles. The SMILES string of the molecule is CCCc1ccc(C2=CC=C(OC(C)=O)C=CC2)cc1. The molecule has 0 saturated heterocycles. The van der Waals surface area contributed by atoms with Gasteiger partial charge in [0.1, 0.15) is 5.76 Å². The molecule has 20 heavy (non-hydrogen) atoms. The van der Waals surface area contributed by atoms with E-state index < -0.39 is 0 Å².